The third-order valence-electron chi connectivity index (χ3n) is 3.52. The summed E-state index contributed by atoms with van der Waals surface area (Å²) in [4.78, 5) is 23.6. The first kappa shape index (κ1) is 12.6. The quantitative estimate of drug-likeness (QED) is 0.604. The molecule has 1 aliphatic rings. The van der Waals surface area contributed by atoms with E-state index < -0.39 is 11.4 Å². The van der Waals surface area contributed by atoms with E-state index in [1.165, 1.54) is 6.92 Å². The van der Waals surface area contributed by atoms with Gasteiger partial charge in [-0.05, 0) is 24.5 Å². The molecular formula is C15H16O3. The minimum Gasteiger partial charge on any atom is -0.465 e. The summed E-state index contributed by atoms with van der Waals surface area (Å²) in [5.74, 6) is -0.547. The van der Waals surface area contributed by atoms with Crippen molar-refractivity contribution in [3.05, 3.63) is 42.5 Å². The molecule has 1 saturated heterocycles. The predicted octanol–water partition coefficient (Wildman–Crippen LogP) is 2.61. The molecule has 3 heteroatoms. The van der Waals surface area contributed by atoms with Crippen molar-refractivity contribution in [2.75, 3.05) is 6.61 Å². The fourth-order valence-electron chi connectivity index (χ4n) is 2.30. The first-order valence-corrected chi connectivity index (χ1v) is 5.98. The molecule has 2 rings (SSSR count). The average molecular weight is 244 g/mol. The third kappa shape index (κ3) is 2.08. The maximum absolute atomic E-state index is 11.8. The zero-order valence-electron chi connectivity index (χ0n) is 10.4. The molecule has 1 heterocycles. The number of hydrogen-bond donors (Lipinski definition) is 0. The lowest BCUT2D eigenvalue weighted by molar-refractivity contribution is -0.150. The predicted molar refractivity (Wildman–Crippen MR) is 68.8 cm³/mol. The molecule has 3 nitrogen and oxygen atoms in total. The number of ketones is 1. The molecule has 1 aromatic carbocycles. The molecule has 0 bridgehead atoms. The Labute approximate surface area is 106 Å². The van der Waals surface area contributed by atoms with E-state index in [9.17, 15) is 9.59 Å². The standard InChI is InChI=1S/C15H16O3/c1-11(13-6-4-3-5-7-13)10-15(12(2)16)8-9-18-14(15)17/h3-7H,1,8-10H2,2H3. The Balaban J connectivity index is 2.24. The number of hydrogen-bond acceptors (Lipinski definition) is 3. The second-order valence-electron chi connectivity index (χ2n) is 4.67. The highest BCUT2D eigenvalue weighted by atomic mass is 16.5. The number of esters is 1. The van der Waals surface area contributed by atoms with Crippen molar-refractivity contribution < 1.29 is 14.3 Å². The summed E-state index contributed by atoms with van der Waals surface area (Å²) >= 11 is 0. The van der Waals surface area contributed by atoms with Crippen LogP contribution in [0.25, 0.3) is 5.57 Å². The fourth-order valence-corrected chi connectivity index (χ4v) is 2.30. The van der Waals surface area contributed by atoms with E-state index in [2.05, 4.69) is 6.58 Å². The Bertz CT molecular complexity index is 490. The Morgan fingerprint density at radius 2 is 2.06 bits per heavy atom. The molecule has 1 unspecified atom stereocenters. The molecule has 94 valence electrons. The van der Waals surface area contributed by atoms with Crippen LogP contribution in [0.4, 0.5) is 0 Å². The number of benzene rings is 1. The molecule has 0 spiro atoms. The molecule has 1 atom stereocenters. The van der Waals surface area contributed by atoms with Gasteiger partial charge in [0.25, 0.3) is 0 Å². The topological polar surface area (TPSA) is 43.4 Å². The van der Waals surface area contributed by atoms with Gasteiger partial charge < -0.3 is 4.74 Å². The largest absolute Gasteiger partial charge is 0.465 e. The Morgan fingerprint density at radius 3 is 2.56 bits per heavy atom. The van der Waals surface area contributed by atoms with E-state index in [1.807, 2.05) is 30.3 Å². The molecular weight excluding hydrogens is 228 g/mol. The van der Waals surface area contributed by atoms with E-state index in [4.69, 9.17) is 4.74 Å². The van der Waals surface area contributed by atoms with Crippen molar-refractivity contribution in [3.8, 4) is 0 Å². The highest BCUT2D eigenvalue weighted by Crippen LogP contribution is 2.39. The lowest BCUT2D eigenvalue weighted by Crippen LogP contribution is -2.34. The lowest BCUT2D eigenvalue weighted by Gasteiger charge is -2.22. The van der Waals surface area contributed by atoms with E-state index in [-0.39, 0.29) is 5.78 Å². The van der Waals surface area contributed by atoms with Crippen LogP contribution in [0.15, 0.2) is 36.9 Å². The number of Topliss-reactive ketones (excluding diaryl/α,β-unsaturated/α-hetero) is 1. The zero-order valence-corrected chi connectivity index (χ0v) is 10.4. The number of carbonyl (C=O) groups is 2. The molecule has 0 saturated carbocycles. The van der Waals surface area contributed by atoms with Crippen molar-refractivity contribution in [2.24, 2.45) is 5.41 Å². The Kier molecular flexibility index (Phi) is 3.32. The minimum absolute atomic E-state index is 0.137. The summed E-state index contributed by atoms with van der Waals surface area (Å²) in [6.45, 7) is 5.76. The van der Waals surface area contributed by atoms with Gasteiger partial charge in [0.2, 0.25) is 0 Å². The van der Waals surface area contributed by atoms with Gasteiger partial charge in [-0.2, -0.15) is 0 Å². The maximum Gasteiger partial charge on any atom is 0.320 e. The monoisotopic (exact) mass is 244 g/mol. The van der Waals surface area contributed by atoms with Crippen LogP contribution in [0.5, 0.6) is 0 Å². The van der Waals surface area contributed by atoms with Crippen molar-refractivity contribution in [1.82, 2.24) is 0 Å². The molecule has 0 amide bonds. The van der Waals surface area contributed by atoms with Gasteiger partial charge >= 0.3 is 5.97 Å². The number of allylic oxidation sites excluding steroid dienone is 1. The van der Waals surface area contributed by atoms with Crippen LogP contribution in [0.1, 0.15) is 25.3 Å². The maximum atomic E-state index is 11.8. The molecule has 1 aliphatic heterocycles. The molecule has 0 aliphatic carbocycles. The Hall–Kier alpha value is -1.90. The van der Waals surface area contributed by atoms with Crippen molar-refractivity contribution in [3.63, 3.8) is 0 Å². The summed E-state index contributed by atoms with van der Waals surface area (Å²) in [6.07, 6.45) is 0.790. The summed E-state index contributed by atoms with van der Waals surface area (Å²) < 4.78 is 4.97. The van der Waals surface area contributed by atoms with Crippen LogP contribution in [0.2, 0.25) is 0 Å². The van der Waals surface area contributed by atoms with Gasteiger partial charge in [-0.3, -0.25) is 9.59 Å². The van der Waals surface area contributed by atoms with Crippen LogP contribution >= 0.6 is 0 Å². The zero-order chi connectivity index (χ0) is 13.2. The number of rotatable bonds is 4. The van der Waals surface area contributed by atoms with E-state index in [0.29, 0.717) is 19.4 Å². The van der Waals surface area contributed by atoms with Crippen molar-refractivity contribution >= 4 is 17.3 Å². The lowest BCUT2D eigenvalue weighted by atomic mass is 9.76. The Morgan fingerprint density at radius 1 is 1.39 bits per heavy atom. The van der Waals surface area contributed by atoms with Gasteiger partial charge in [0.15, 0.2) is 0 Å². The second kappa shape index (κ2) is 4.77. The summed E-state index contributed by atoms with van der Waals surface area (Å²) in [7, 11) is 0. The van der Waals surface area contributed by atoms with Gasteiger partial charge in [0, 0.05) is 6.42 Å². The van der Waals surface area contributed by atoms with Crippen LogP contribution in [0, 0.1) is 5.41 Å². The molecule has 0 N–H and O–H groups in total. The fraction of sp³-hybridized carbons (Fsp3) is 0.333. The SMILES string of the molecule is C=C(CC1(C(C)=O)CCOC1=O)c1ccccc1. The molecule has 18 heavy (non-hydrogen) atoms. The molecule has 1 fully saturated rings. The van der Waals surface area contributed by atoms with Gasteiger partial charge in [-0.25, -0.2) is 0 Å². The summed E-state index contributed by atoms with van der Waals surface area (Å²) in [5, 5.41) is 0. The number of carbonyl (C=O) groups excluding carboxylic acids is 2. The van der Waals surface area contributed by atoms with Gasteiger partial charge in [0.1, 0.15) is 11.2 Å². The van der Waals surface area contributed by atoms with Crippen LogP contribution < -0.4 is 0 Å². The molecule has 0 radical (unpaired) electrons. The molecule has 0 aromatic heterocycles. The number of cyclic esters (lactones) is 1. The average Bonchev–Trinajstić information content (AvgIpc) is 2.73. The second-order valence-corrected chi connectivity index (χ2v) is 4.67. The minimum atomic E-state index is -1.02. The first-order valence-electron chi connectivity index (χ1n) is 5.98. The number of ether oxygens (including phenoxy) is 1. The van der Waals surface area contributed by atoms with E-state index in [0.717, 1.165) is 11.1 Å². The van der Waals surface area contributed by atoms with Crippen LogP contribution in [-0.4, -0.2) is 18.4 Å². The van der Waals surface area contributed by atoms with Gasteiger partial charge in [-0.15, -0.1) is 0 Å². The van der Waals surface area contributed by atoms with Crippen molar-refractivity contribution in [1.29, 1.82) is 0 Å². The highest BCUT2D eigenvalue weighted by molar-refractivity contribution is 6.05. The summed E-state index contributed by atoms with van der Waals surface area (Å²) in [6, 6.07) is 9.59. The van der Waals surface area contributed by atoms with Gasteiger partial charge in [-0.1, -0.05) is 36.9 Å². The van der Waals surface area contributed by atoms with E-state index >= 15 is 0 Å². The smallest absolute Gasteiger partial charge is 0.320 e. The third-order valence-corrected chi connectivity index (χ3v) is 3.52. The van der Waals surface area contributed by atoms with Crippen LogP contribution in [0.3, 0.4) is 0 Å². The van der Waals surface area contributed by atoms with Gasteiger partial charge in [0.05, 0.1) is 6.61 Å². The normalized spacial score (nSPS) is 22.6. The highest BCUT2D eigenvalue weighted by Gasteiger charge is 2.48. The molecule has 1 aromatic rings. The summed E-state index contributed by atoms with van der Waals surface area (Å²) in [5.41, 5.74) is 0.731. The first-order chi connectivity index (χ1) is 8.56. The van der Waals surface area contributed by atoms with Crippen molar-refractivity contribution in [2.45, 2.75) is 19.8 Å². The van der Waals surface area contributed by atoms with E-state index in [1.54, 1.807) is 0 Å². The van der Waals surface area contributed by atoms with Crippen LogP contribution in [-0.2, 0) is 14.3 Å².